The van der Waals surface area contributed by atoms with E-state index in [4.69, 9.17) is 10.5 Å². The number of amides is 2. The minimum absolute atomic E-state index is 0.0362. The number of aromatic amines is 1. The van der Waals surface area contributed by atoms with Crippen LogP contribution in [-0.2, 0) is 27.5 Å². The maximum Gasteiger partial charge on any atom is 0.245 e. The summed E-state index contributed by atoms with van der Waals surface area (Å²) in [5, 5.41) is 19.6. The van der Waals surface area contributed by atoms with Crippen molar-refractivity contribution in [2.75, 3.05) is 6.61 Å². The minimum atomic E-state index is -1.11. The topological polar surface area (TPSA) is 148 Å². The fraction of sp³-hybridized carbons (Fsp3) is 0.276. The Kier molecular flexibility index (Phi) is 9.48. The van der Waals surface area contributed by atoms with Crippen LogP contribution in [0.2, 0.25) is 0 Å². The van der Waals surface area contributed by atoms with E-state index in [2.05, 4.69) is 31.3 Å². The summed E-state index contributed by atoms with van der Waals surface area (Å²) in [5.74, 6) is -2.02. The molecule has 0 aliphatic heterocycles. The van der Waals surface area contributed by atoms with Gasteiger partial charge in [0, 0.05) is 29.6 Å². The Morgan fingerprint density at radius 3 is 2.32 bits per heavy atom. The van der Waals surface area contributed by atoms with Gasteiger partial charge in [0.1, 0.15) is 17.7 Å². The largest absolute Gasteiger partial charge is 0.374 e. The van der Waals surface area contributed by atoms with Gasteiger partial charge in [0.15, 0.2) is 0 Å². The summed E-state index contributed by atoms with van der Waals surface area (Å²) >= 11 is 0. The molecule has 0 fully saturated rings. The number of benzene rings is 3. The van der Waals surface area contributed by atoms with Crippen LogP contribution in [0.1, 0.15) is 31.4 Å². The van der Waals surface area contributed by atoms with Crippen LogP contribution < -0.4 is 16.4 Å². The van der Waals surface area contributed by atoms with E-state index in [-0.39, 0.29) is 25.1 Å². The first-order valence-corrected chi connectivity index (χ1v) is 12.9. The van der Waals surface area contributed by atoms with Crippen molar-refractivity contribution in [3.05, 3.63) is 89.5 Å². The molecule has 1 atom stereocenters. The molecule has 2 amide bonds. The molecule has 12 heteroatoms. The van der Waals surface area contributed by atoms with Crippen LogP contribution >= 0.6 is 0 Å². The molecule has 4 aromatic rings. The quantitative estimate of drug-likeness (QED) is 0.207. The van der Waals surface area contributed by atoms with Crippen molar-refractivity contribution < 1.29 is 23.1 Å². The molecular weight excluding hydrogens is 532 g/mol. The number of tetrazole rings is 1. The number of aromatic nitrogens is 4. The second-order valence-electron chi connectivity index (χ2n) is 10.2. The van der Waals surface area contributed by atoms with Crippen LogP contribution in [0.4, 0.5) is 8.78 Å². The predicted octanol–water partition coefficient (Wildman–Crippen LogP) is 3.26. The summed E-state index contributed by atoms with van der Waals surface area (Å²) in [6.07, 6.45) is -0.0362. The molecule has 0 spiro atoms. The highest BCUT2D eigenvalue weighted by molar-refractivity contribution is 5.88. The van der Waals surface area contributed by atoms with Gasteiger partial charge in [-0.25, -0.2) is 8.78 Å². The number of ether oxygens (including phenoxy) is 1. The number of carbonyl (C=O) groups excluding carboxylic acids is 2. The van der Waals surface area contributed by atoms with Crippen molar-refractivity contribution in [3.63, 3.8) is 0 Å². The summed E-state index contributed by atoms with van der Waals surface area (Å²) in [7, 11) is 0. The zero-order valence-electron chi connectivity index (χ0n) is 22.7. The fourth-order valence-corrected chi connectivity index (χ4v) is 4.11. The first-order chi connectivity index (χ1) is 19.6. The van der Waals surface area contributed by atoms with Crippen LogP contribution in [0.25, 0.3) is 22.5 Å². The number of nitrogens with zero attached hydrogens (tertiary/aromatic N) is 3. The molecule has 0 saturated carbocycles. The average molecular weight is 564 g/mol. The standard InChI is InChI=1S/C29H31F2N7O3/c1-29(2,32)14-26(39)34-25(17-41-16-22-23(30)8-5-9-24(22)31)28(40)33-15-18-10-12-19(13-11-18)20-6-3-4-7-21(20)27-35-37-38-36-27/h3-13,25H,14-17,32H2,1-2H3,(H,33,40)(H,34,39)(H,35,36,37,38)/t25-/m1/s1. The first kappa shape index (κ1) is 29.4. The van der Waals surface area contributed by atoms with Gasteiger partial charge >= 0.3 is 0 Å². The van der Waals surface area contributed by atoms with Gasteiger partial charge in [0.2, 0.25) is 17.6 Å². The average Bonchev–Trinajstić information content (AvgIpc) is 3.47. The van der Waals surface area contributed by atoms with Crippen molar-refractivity contribution in [3.8, 4) is 22.5 Å². The van der Waals surface area contributed by atoms with Gasteiger partial charge in [-0.2, -0.15) is 5.21 Å². The summed E-state index contributed by atoms with van der Waals surface area (Å²) in [6, 6.07) is 17.6. The highest BCUT2D eigenvalue weighted by atomic mass is 19.1. The lowest BCUT2D eigenvalue weighted by atomic mass is 9.98. The van der Waals surface area contributed by atoms with E-state index in [1.54, 1.807) is 13.8 Å². The minimum Gasteiger partial charge on any atom is -0.374 e. The van der Waals surface area contributed by atoms with Gasteiger partial charge in [-0.3, -0.25) is 9.59 Å². The lowest BCUT2D eigenvalue weighted by molar-refractivity contribution is -0.131. The summed E-state index contributed by atoms with van der Waals surface area (Å²) in [6.45, 7) is 2.82. The SMILES string of the molecule is CC(C)(N)CC(=O)N[C@H](COCc1c(F)cccc1F)C(=O)NCc1ccc(-c2ccccc2-c2nn[nH]n2)cc1. The Bertz CT molecular complexity index is 1450. The highest BCUT2D eigenvalue weighted by Gasteiger charge is 2.24. The van der Waals surface area contributed by atoms with Gasteiger partial charge in [0.25, 0.3) is 0 Å². The Morgan fingerprint density at radius 1 is 1.00 bits per heavy atom. The van der Waals surface area contributed by atoms with Gasteiger partial charge < -0.3 is 21.1 Å². The number of nitrogens with two attached hydrogens (primary N) is 1. The monoisotopic (exact) mass is 563 g/mol. The van der Waals surface area contributed by atoms with E-state index in [9.17, 15) is 18.4 Å². The fourth-order valence-electron chi connectivity index (χ4n) is 4.11. The van der Waals surface area contributed by atoms with Crippen LogP contribution in [0.3, 0.4) is 0 Å². The second kappa shape index (κ2) is 13.2. The van der Waals surface area contributed by atoms with E-state index in [0.717, 1.165) is 34.4 Å². The molecule has 0 aliphatic rings. The molecule has 214 valence electrons. The van der Waals surface area contributed by atoms with Crippen LogP contribution in [0, 0.1) is 11.6 Å². The Balaban J connectivity index is 1.40. The number of rotatable bonds is 12. The third-order valence-corrected chi connectivity index (χ3v) is 6.11. The van der Waals surface area contributed by atoms with Crippen LogP contribution in [-0.4, -0.2) is 50.6 Å². The molecule has 1 aromatic heterocycles. The van der Waals surface area contributed by atoms with E-state index in [1.165, 1.54) is 6.07 Å². The molecule has 0 radical (unpaired) electrons. The van der Waals surface area contributed by atoms with Crippen molar-refractivity contribution in [2.45, 2.75) is 45.0 Å². The summed E-state index contributed by atoms with van der Waals surface area (Å²) in [4.78, 5) is 25.6. The van der Waals surface area contributed by atoms with Crippen LogP contribution in [0.5, 0.6) is 0 Å². The molecule has 41 heavy (non-hydrogen) atoms. The number of hydrogen-bond donors (Lipinski definition) is 4. The predicted molar refractivity (Wildman–Crippen MR) is 148 cm³/mol. The van der Waals surface area contributed by atoms with E-state index in [0.29, 0.717) is 5.82 Å². The van der Waals surface area contributed by atoms with E-state index in [1.807, 2.05) is 48.5 Å². The Morgan fingerprint density at radius 2 is 1.68 bits per heavy atom. The Hall–Kier alpha value is -4.55. The number of halogens is 2. The van der Waals surface area contributed by atoms with Gasteiger partial charge in [-0.1, -0.05) is 54.6 Å². The molecule has 1 heterocycles. The number of hydrogen-bond acceptors (Lipinski definition) is 7. The van der Waals surface area contributed by atoms with Gasteiger partial charge in [-0.05, 0) is 47.9 Å². The third-order valence-electron chi connectivity index (χ3n) is 6.11. The van der Waals surface area contributed by atoms with Gasteiger partial charge in [-0.15, -0.1) is 10.2 Å². The third kappa shape index (κ3) is 8.22. The highest BCUT2D eigenvalue weighted by Crippen LogP contribution is 2.29. The van der Waals surface area contributed by atoms with Crippen molar-refractivity contribution in [1.82, 2.24) is 31.3 Å². The van der Waals surface area contributed by atoms with E-state index < -0.39 is 41.6 Å². The molecular formula is C29H31F2N7O3. The maximum absolute atomic E-state index is 14.0. The molecule has 5 N–H and O–H groups in total. The molecule has 3 aromatic carbocycles. The van der Waals surface area contributed by atoms with Gasteiger partial charge in [0.05, 0.1) is 13.2 Å². The normalized spacial score (nSPS) is 12.1. The van der Waals surface area contributed by atoms with Crippen molar-refractivity contribution in [1.29, 1.82) is 0 Å². The van der Waals surface area contributed by atoms with Crippen LogP contribution in [0.15, 0.2) is 66.7 Å². The molecule has 0 saturated heterocycles. The molecule has 10 nitrogen and oxygen atoms in total. The Labute approximate surface area is 235 Å². The van der Waals surface area contributed by atoms with Crippen molar-refractivity contribution in [2.24, 2.45) is 5.73 Å². The number of carbonyl (C=O) groups is 2. The lowest BCUT2D eigenvalue weighted by Gasteiger charge is -2.22. The first-order valence-electron chi connectivity index (χ1n) is 12.9. The number of H-pyrrole nitrogens is 1. The second-order valence-corrected chi connectivity index (χ2v) is 10.2. The molecule has 0 unspecified atom stereocenters. The maximum atomic E-state index is 14.0. The summed E-state index contributed by atoms with van der Waals surface area (Å²) in [5.41, 5.74) is 8.33. The smallest absolute Gasteiger partial charge is 0.245 e. The molecule has 0 aliphatic carbocycles. The lowest BCUT2D eigenvalue weighted by Crippen LogP contribution is -2.51. The zero-order chi connectivity index (χ0) is 29.4. The van der Waals surface area contributed by atoms with E-state index >= 15 is 0 Å². The molecule has 4 rings (SSSR count). The zero-order valence-corrected chi connectivity index (χ0v) is 22.7. The number of nitrogens with one attached hydrogen (secondary N) is 3. The van der Waals surface area contributed by atoms with Crippen molar-refractivity contribution >= 4 is 11.8 Å². The summed E-state index contributed by atoms with van der Waals surface area (Å²) < 4.78 is 33.4. The molecule has 0 bridgehead atoms.